The normalized spacial score (nSPS) is 14.4. The molecule has 0 N–H and O–H groups in total. The Morgan fingerprint density at radius 1 is 0.254 bits per heavy atom. The van der Waals surface area contributed by atoms with Gasteiger partial charge in [0.1, 0.15) is 88.4 Å². The van der Waals surface area contributed by atoms with Gasteiger partial charge in [-0.3, -0.25) is 9.97 Å². The molecule has 0 radical (unpaired) electrons. The number of ether oxygens (including phenoxy) is 1. The third kappa shape index (κ3) is 15.2. The van der Waals surface area contributed by atoms with E-state index in [9.17, 15) is 0 Å². The first kappa shape index (κ1) is 81.7. The molecule has 0 unspecified atom stereocenters. The van der Waals surface area contributed by atoms with Crippen LogP contribution in [-0.2, 0) is 35.2 Å². The van der Waals surface area contributed by atoms with Crippen LogP contribution in [0.25, 0.3) is 56.3 Å². The second-order valence-corrected chi connectivity index (χ2v) is 55.2. The summed E-state index contributed by atoms with van der Waals surface area (Å²) in [7, 11) is 3.32. The van der Waals surface area contributed by atoms with Crippen molar-refractivity contribution in [2.45, 2.75) is 136 Å². The van der Waals surface area contributed by atoms with Gasteiger partial charge in [0.25, 0.3) is 0 Å². The number of nitrogens with zero attached hydrogens (tertiary/aromatic N) is 10. The van der Waals surface area contributed by atoms with Crippen LogP contribution in [0.1, 0.15) is 27.8 Å². The zero-order chi connectivity index (χ0) is 82.7. The molecule has 15 heterocycles. The van der Waals surface area contributed by atoms with E-state index in [-0.39, 0.29) is 0 Å². The Kier molecular flexibility index (Phi) is 23.1. The van der Waals surface area contributed by atoms with Crippen molar-refractivity contribution in [3.05, 3.63) is 302 Å². The summed E-state index contributed by atoms with van der Waals surface area (Å²) in [5.41, 5.74) is 19.6. The molecule has 0 atom stereocenters. The molecule has 5 aliphatic rings. The molecule has 20 rings (SSSR count). The van der Waals surface area contributed by atoms with Crippen molar-refractivity contribution in [2.75, 3.05) is 0 Å². The van der Waals surface area contributed by atoms with Crippen molar-refractivity contribution in [2.24, 2.45) is 35.2 Å². The van der Waals surface area contributed by atoms with E-state index < -0.39 is 32.3 Å². The van der Waals surface area contributed by atoms with Crippen molar-refractivity contribution < 1.29 is 27.6 Å². The molecule has 11 nitrogen and oxygen atoms in total. The summed E-state index contributed by atoms with van der Waals surface area (Å²) in [6, 6.07) is 75.6. The predicted octanol–water partition coefficient (Wildman–Crippen LogP) is 16.8. The zero-order valence-electron chi connectivity index (χ0n) is 70.4. The van der Waals surface area contributed by atoms with Crippen LogP contribution < -0.4 is 69.3 Å². The Balaban J connectivity index is 0.000000110. The number of pyridine rings is 10. The summed E-state index contributed by atoms with van der Waals surface area (Å²) in [5.74, 6) is 1.72. The maximum atomic E-state index is 6.04. The van der Waals surface area contributed by atoms with Crippen LogP contribution in [0.3, 0.4) is 0 Å². The van der Waals surface area contributed by atoms with Crippen LogP contribution >= 0.6 is 58.8 Å². The van der Waals surface area contributed by atoms with Gasteiger partial charge in [-0.25, -0.2) is 37.8 Å². The van der Waals surface area contributed by atoms with Crippen LogP contribution in [0.2, 0.25) is 52.4 Å². The molecule has 0 saturated heterocycles. The van der Waals surface area contributed by atoms with Crippen LogP contribution in [-0.4, -0.2) is 57.2 Å². The van der Waals surface area contributed by atoms with Gasteiger partial charge in [-0.1, -0.05) is 171 Å². The first-order valence-electron chi connectivity index (χ1n) is 40.0. The van der Waals surface area contributed by atoms with Crippen molar-refractivity contribution in [3.8, 4) is 67.8 Å². The molecule has 588 valence electrons. The molecule has 20 heteroatoms. The maximum absolute atomic E-state index is 6.04. The second-order valence-electron chi connectivity index (χ2n) is 32.9. The van der Waals surface area contributed by atoms with E-state index in [0.29, 0.717) is 0 Å². The van der Waals surface area contributed by atoms with Crippen LogP contribution in [0.4, 0.5) is 0 Å². The number of aromatic nitrogens is 10. The van der Waals surface area contributed by atoms with Crippen molar-refractivity contribution in [1.82, 2.24) is 24.9 Å². The molecule has 0 fully saturated rings. The lowest BCUT2D eigenvalue weighted by Gasteiger charge is -2.41. The van der Waals surface area contributed by atoms with Gasteiger partial charge >= 0.3 is 0 Å². The summed E-state index contributed by atoms with van der Waals surface area (Å²) in [4.78, 5) is 32.5. The van der Waals surface area contributed by atoms with Crippen molar-refractivity contribution in [3.63, 3.8) is 0 Å². The molecule has 15 aromatic rings. The molecule has 0 aliphatic carbocycles. The van der Waals surface area contributed by atoms with Crippen LogP contribution in [0, 0.1) is 34.6 Å². The molecule has 0 bridgehead atoms. The third-order valence-electron chi connectivity index (χ3n) is 23.6. The second kappa shape index (κ2) is 33.3. The van der Waals surface area contributed by atoms with Crippen LogP contribution in [0.15, 0.2) is 324 Å². The number of benzene rings is 5. The van der Waals surface area contributed by atoms with Gasteiger partial charge < -0.3 is 4.74 Å². The monoisotopic (exact) mass is 1700 g/mol. The van der Waals surface area contributed by atoms with E-state index in [0.717, 1.165) is 26.4 Å². The fraction of sp³-hybridized carbons (Fsp3) is 0.184. The van der Waals surface area contributed by atoms with Gasteiger partial charge in [0.15, 0.2) is 36.7 Å². The Bertz CT molecular complexity index is 6330. The van der Waals surface area contributed by atoms with E-state index in [1.54, 1.807) is 40.1 Å². The quantitative estimate of drug-likeness (QED) is 0.122. The van der Waals surface area contributed by atoms with E-state index in [1.165, 1.54) is 150 Å². The van der Waals surface area contributed by atoms with E-state index in [2.05, 4.69) is 362 Å². The number of fused-ring (bicyclic) bond motifs is 10. The minimum Gasteiger partial charge on any atom is -0.453 e. The lowest BCUT2D eigenvalue weighted by molar-refractivity contribution is -0.660. The van der Waals surface area contributed by atoms with Crippen molar-refractivity contribution in [1.29, 1.82) is 0 Å². The average Bonchev–Trinajstić information content (AvgIpc) is 0.713. The molecule has 0 saturated carbocycles. The Hall–Kier alpha value is -9.98. The zero-order valence-corrected chi connectivity index (χ0v) is 78.5. The molecule has 118 heavy (non-hydrogen) atoms. The Morgan fingerprint density at radius 3 is 1.19 bits per heavy atom. The summed E-state index contributed by atoms with van der Waals surface area (Å²) >= 11 is 8.98. The standard InChI is InChI=1S/C22H27N2Si2.2C20H21N2SSi.C18H15N2OS.C18H15N2S2/c1-16-12-13-18-21(20(16)17-10-7-8-15-24(17)2)26(5,6)22-19(25(18,3)4)11-9-14-23-22;1-14-10-11-16-19(18(14)15-8-5-6-13-22(15)2)23-20-17(24(16,3)4)9-7-12-21-20;1-14-10-11-16-19(18(14)15-8-5-6-13-22(15)2)24(3,4)20-17(23-16)9-7-12-21-20;2*1-12-8-9-14-17(16(12)13-6-3-4-11-20(13)2)22-18-15(21-14)7-5-10-19-18/h7-15H,1-6H3;2*5-13H,1-4H3;2*3-11H,1-2H3/q5*+1. The third-order valence-corrected chi connectivity index (χ3v) is 44.4. The fourth-order valence-electron chi connectivity index (χ4n) is 17.3. The number of aryl methyl sites for hydroxylation is 10. The van der Waals surface area contributed by atoms with Gasteiger partial charge in [-0.2, -0.15) is 0 Å². The predicted molar refractivity (Wildman–Crippen MR) is 498 cm³/mol. The highest BCUT2D eigenvalue weighted by Gasteiger charge is 2.48. The highest BCUT2D eigenvalue weighted by molar-refractivity contribution is 8.05. The summed E-state index contributed by atoms with van der Waals surface area (Å²) in [6.45, 7) is 30.7. The number of rotatable bonds is 5. The summed E-state index contributed by atoms with van der Waals surface area (Å²) in [5, 5.41) is 15.2. The van der Waals surface area contributed by atoms with Gasteiger partial charge in [0.2, 0.25) is 28.5 Å². The average molecular weight is 1710 g/mol. The molecular weight excluding hydrogens is 1610 g/mol. The first-order chi connectivity index (χ1) is 56.7. The highest BCUT2D eigenvalue weighted by atomic mass is 32.2. The van der Waals surface area contributed by atoms with Crippen LogP contribution in [0.5, 0.6) is 11.5 Å². The molecule has 0 spiro atoms. The van der Waals surface area contributed by atoms with Crippen molar-refractivity contribution >= 4 is 133 Å². The topological polar surface area (TPSA) is 93.1 Å². The van der Waals surface area contributed by atoms with E-state index >= 15 is 0 Å². The van der Waals surface area contributed by atoms with Gasteiger partial charge in [-0.05, 0) is 185 Å². The first-order valence-corrected chi connectivity index (χ1v) is 56.1. The minimum atomic E-state index is -1.89. The number of hydrogen-bond acceptors (Lipinski definition) is 11. The van der Waals surface area contributed by atoms with E-state index in [4.69, 9.17) is 19.7 Å². The largest absolute Gasteiger partial charge is 0.453 e. The minimum absolute atomic E-state index is 0.826. The molecule has 5 aromatic carbocycles. The Morgan fingerprint density at radius 2 is 0.636 bits per heavy atom. The maximum Gasteiger partial charge on any atom is 0.213 e. The van der Waals surface area contributed by atoms with E-state index in [1.807, 2.05) is 96.5 Å². The highest BCUT2D eigenvalue weighted by Crippen LogP contribution is 2.53. The fourth-order valence-corrected chi connectivity index (χ4v) is 41.5. The molecule has 5 aliphatic heterocycles. The summed E-state index contributed by atoms with van der Waals surface area (Å²) in [6.07, 6.45) is 20.1. The lowest BCUT2D eigenvalue weighted by atomic mass is 10.0. The summed E-state index contributed by atoms with van der Waals surface area (Å²) < 4.78 is 17.1. The SMILES string of the molecule is Cc1ccc2c(c1-c1cccc[n+]1C)Sc1ncccc1O2.Cc1ccc2c(c1-c1cccc[n+]1C)Sc1ncccc1S2.Cc1ccc2c(c1-c1cccc[n+]1C)Sc1ncccc1[Si]2(C)C.Cc1ccc2c(c1-c1cccc[n+]1C)[Si](C)(C)c1ncccc1S2.Cc1ccc2c(c1-c1cccc[n+]1C)[Si](C)(C)c1ncccc1[Si]2(C)C. The lowest BCUT2D eigenvalue weighted by Crippen LogP contribution is -2.79. The molecule has 10 aromatic heterocycles. The smallest absolute Gasteiger partial charge is 0.213 e. The van der Waals surface area contributed by atoms with Gasteiger partial charge in [0, 0.05) is 143 Å². The van der Waals surface area contributed by atoms with Gasteiger partial charge in [-0.15, -0.1) is 0 Å². The van der Waals surface area contributed by atoms with Gasteiger partial charge in [0.05, 0.1) is 21.6 Å². The number of hydrogen-bond donors (Lipinski definition) is 0. The molecule has 0 amide bonds. The molecular formula is C98H99N10OS5Si4+5. The Labute approximate surface area is 720 Å².